The van der Waals surface area contributed by atoms with E-state index in [1.165, 1.54) is 0 Å². The maximum atomic E-state index is 11.9. The van der Waals surface area contributed by atoms with Crippen LogP contribution in [0, 0.1) is 0 Å². The van der Waals surface area contributed by atoms with Crippen molar-refractivity contribution < 1.29 is 9.53 Å². The minimum absolute atomic E-state index is 0.0142. The number of hydrogen-bond donors (Lipinski definition) is 2. The molecule has 0 aliphatic heterocycles. The van der Waals surface area contributed by atoms with Gasteiger partial charge in [0, 0.05) is 18.8 Å². The standard InChI is InChI=1S/C15H24N2O2S/c1-11(8-9-20-4)16-15(18)17-14-7-5-6-13(10-14)12(2)19-3/h5-7,10-12H,8-9H2,1-4H3,(H2,16,17,18)/t11-,12-/m0/s1. The molecule has 0 fully saturated rings. The normalized spacial score (nSPS) is 13.6. The molecule has 112 valence electrons. The Morgan fingerprint density at radius 3 is 2.80 bits per heavy atom. The molecule has 0 aromatic heterocycles. The molecule has 0 bridgehead atoms. The molecule has 2 amide bonds. The number of urea groups is 1. The molecule has 2 N–H and O–H groups in total. The highest BCUT2D eigenvalue weighted by Crippen LogP contribution is 2.19. The minimum atomic E-state index is -0.166. The van der Waals surface area contributed by atoms with Gasteiger partial charge in [0.25, 0.3) is 0 Å². The summed E-state index contributed by atoms with van der Waals surface area (Å²) < 4.78 is 5.27. The van der Waals surface area contributed by atoms with Crippen LogP contribution in [0.25, 0.3) is 0 Å². The molecule has 20 heavy (non-hydrogen) atoms. The second-order valence-corrected chi connectivity index (χ2v) is 5.77. The number of anilines is 1. The number of ether oxygens (including phenoxy) is 1. The number of rotatable bonds is 7. The molecule has 2 atom stereocenters. The number of amides is 2. The van der Waals surface area contributed by atoms with Crippen LogP contribution in [0.5, 0.6) is 0 Å². The number of nitrogens with one attached hydrogen (secondary N) is 2. The average molecular weight is 296 g/mol. The van der Waals surface area contributed by atoms with Crippen molar-refractivity contribution in [3.63, 3.8) is 0 Å². The van der Waals surface area contributed by atoms with E-state index in [0.29, 0.717) is 0 Å². The third-order valence-corrected chi connectivity index (χ3v) is 3.74. The van der Waals surface area contributed by atoms with E-state index >= 15 is 0 Å². The highest BCUT2D eigenvalue weighted by molar-refractivity contribution is 7.98. The van der Waals surface area contributed by atoms with Crippen molar-refractivity contribution in [2.24, 2.45) is 0 Å². The first-order valence-corrected chi connectivity index (χ1v) is 8.15. The van der Waals surface area contributed by atoms with Gasteiger partial charge < -0.3 is 15.4 Å². The minimum Gasteiger partial charge on any atom is -0.377 e. The zero-order chi connectivity index (χ0) is 15.0. The summed E-state index contributed by atoms with van der Waals surface area (Å²) in [6.07, 6.45) is 3.05. The lowest BCUT2D eigenvalue weighted by atomic mass is 10.1. The first kappa shape index (κ1) is 16.9. The summed E-state index contributed by atoms with van der Waals surface area (Å²) >= 11 is 1.78. The molecule has 0 saturated heterocycles. The van der Waals surface area contributed by atoms with Gasteiger partial charge in [-0.1, -0.05) is 12.1 Å². The van der Waals surface area contributed by atoms with Gasteiger partial charge in [-0.3, -0.25) is 0 Å². The van der Waals surface area contributed by atoms with Gasteiger partial charge in [-0.2, -0.15) is 11.8 Å². The molecule has 5 heteroatoms. The lowest BCUT2D eigenvalue weighted by Crippen LogP contribution is -2.36. The maximum Gasteiger partial charge on any atom is 0.319 e. The summed E-state index contributed by atoms with van der Waals surface area (Å²) in [7, 11) is 1.67. The Labute approximate surface area is 125 Å². The molecule has 0 aliphatic rings. The monoisotopic (exact) mass is 296 g/mol. The van der Waals surface area contributed by atoms with Gasteiger partial charge in [0.05, 0.1) is 6.10 Å². The van der Waals surface area contributed by atoms with E-state index in [-0.39, 0.29) is 18.2 Å². The lowest BCUT2D eigenvalue weighted by Gasteiger charge is -2.15. The van der Waals surface area contributed by atoms with Gasteiger partial charge in [-0.15, -0.1) is 0 Å². The summed E-state index contributed by atoms with van der Waals surface area (Å²) in [6, 6.07) is 7.71. The predicted molar refractivity (Wildman–Crippen MR) is 86.5 cm³/mol. The fraction of sp³-hybridized carbons (Fsp3) is 0.533. The van der Waals surface area contributed by atoms with Crippen LogP contribution in [-0.4, -0.2) is 31.2 Å². The van der Waals surface area contributed by atoms with Crippen molar-refractivity contribution in [2.45, 2.75) is 32.4 Å². The van der Waals surface area contributed by atoms with Crippen LogP contribution in [0.3, 0.4) is 0 Å². The van der Waals surface area contributed by atoms with Crippen molar-refractivity contribution in [2.75, 3.05) is 24.4 Å². The molecule has 1 aromatic rings. The molecule has 0 unspecified atom stereocenters. The smallest absolute Gasteiger partial charge is 0.319 e. The second kappa shape index (κ2) is 8.87. The van der Waals surface area contributed by atoms with Crippen LogP contribution in [0.15, 0.2) is 24.3 Å². The summed E-state index contributed by atoms with van der Waals surface area (Å²) in [5.74, 6) is 1.04. The van der Waals surface area contributed by atoms with Crippen molar-refractivity contribution in [1.29, 1.82) is 0 Å². The number of carbonyl (C=O) groups is 1. The molecule has 0 spiro atoms. The number of carbonyl (C=O) groups excluding carboxylic acids is 1. The van der Waals surface area contributed by atoms with Gasteiger partial charge >= 0.3 is 6.03 Å². The second-order valence-electron chi connectivity index (χ2n) is 4.78. The topological polar surface area (TPSA) is 50.4 Å². The summed E-state index contributed by atoms with van der Waals surface area (Å²) in [6.45, 7) is 3.99. The molecule has 0 heterocycles. The largest absolute Gasteiger partial charge is 0.377 e. The van der Waals surface area contributed by atoms with E-state index in [1.807, 2.05) is 38.1 Å². The third-order valence-electron chi connectivity index (χ3n) is 3.10. The van der Waals surface area contributed by atoms with Gasteiger partial charge in [0.15, 0.2) is 0 Å². The maximum absolute atomic E-state index is 11.9. The van der Waals surface area contributed by atoms with E-state index in [0.717, 1.165) is 23.4 Å². The Morgan fingerprint density at radius 1 is 1.40 bits per heavy atom. The summed E-state index contributed by atoms with van der Waals surface area (Å²) in [5.41, 5.74) is 1.82. The summed E-state index contributed by atoms with van der Waals surface area (Å²) in [4.78, 5) is 11.9. The van der Waals surface area contributed by atoms with Gasteiger partial charge in [-0.25, -0.2) is 4.79 Å². The molecule has 1 rings (SSSR count). The Morgan fingerprint density at radius 2 is 2.15 bits per heavy atom. The molecule has 1 aromatic carbocycles. The Balaban J connectivity index is 2.53. The van der Waals surface area contributed by atoms with Crippen LogP contribution in [0.4, 0.5) is 10.5 Å². The van der Waals surface area contributed by atoms with E-state index in [1.54, 1.807) is 18.9 Å². The van der Waals surface area contributed by atoms with Crippen molar-refractivity contribution in [3.8, 4) is 0 Å². The Bertz CT molecular complexity index is 426. The fourth-order valence-corrected chi connectivity index (χ4v) is 2.35. The first-order chi connectivity index (χ1) is 9.56. The zero-order valence-corrected chi connectivity index (χ0v) is 13.4. The lowest BCUT2D eigenvalue weighted by molar-refractivity contribution is 0.119. The van der Waals surface area contributed by atoms with Gasteiger partial charge in [0.1, 0.15) is 0 Å². The average Bonchev–Trinajstić information content (AvgIpc) is 2.44. The number of benzene rings is 1. The molecule has 0 saturated carbocycles. The van der Waals surface area contributed by atoms with Gasteiger partial charge in [-0.05, 0) is 50.0 Å². The molecule has 0 radical (unpaired) electrons. The highest BCUT2D eigenvalue weighted by Gasteiger charge is 2.09. The van der Waals surface area contributed by atoms with Crippen LogP contribution in [-0.2, 0) is 4.74 Å². The van der Waals surface area contributed by atoms with Crippen LogP contribution in [0.2, 0.25) is 0 Å². The van der Waals surface area contributed by atoms with E-state index in [9.17, 15) is 4.79 Å². The van der Waals surface area contributed by atoms with Crippen molar-refractivity contribution >= 4 is 23.5 Å². The predicted octanol–water partition coefficient (Wildman–Crippen LogP) is 3.66. The van der Waals surface area contributed by atoms with Crippen LogP contribution < -0.4 is 10.6 Å². The molecular weight excluding hydrogens is 272 g/mol. The van der Waals surface area contributed by atoms with Crippen LogP contribution >= 0.6 is 11.8 Å². The quantitative estimate of drug-likeness (QED) is 0.807. The van der Waals surface area contributed by atoms with Crippen molar-refractivity contribution in [1.82, 2.24) is 5.32 Å². The van der Waals surface area contributed by atoms with Crippen molar-refractivity contribution in [3.05, 3.63) is 29.8 Å². The van der Waals surface area contributed by atoms with E-state index < -0.39 is 0 Å². The highest BCUT2D eigenvalue weighted by atomic mass is 32.2. The SMILES string of the molecule is CO[C@@H](C)c1cccc(NC(=O)N[C@@H](C)CCSC)c1. The van der Waals surface area contributed by atoms with Crippen LogP contribution in [0.1, 0.15) is 31.9 Å². The number of thioether (sulfide) groups is 1. The van der Waals surface area contributed by atoms with E-state index in [2.05, 4.69) is 16.9 Å². The van der Waals surface area contributed by atoms with E-state index in [4.69, 9.17) is 4.74 Å². The Kier molecular flexibility index (Phi) is 7.47. The fourth-order valence-electron chi connectivity index (χ4n) is 1.76. The van der Waals surface area contributed by atoms with Gasteiger partial charge in [0.2, 0.25) is 0 Å². The molecule has 0 aliphatic carbocycles. The number of hydrogen-bond acceptors (Lipinski definition) is 3. The molecular formula is C15H24N2O2S. The number of methoxy groups -OCH3 is 1. The summed E-state index contributed by atoms with van der Waals surface area (Å²) in [5, 5.41) is 5.79. The first-order valence-electron chi connectivity index (χ1n) is 6.76. The zero-order valence-electron chi connectivity index (χ0n) is 12.6. The third kappa shape index (κ3) is 5.84. The molecule has 4 nitrogen and oxygen atoms in total. The Hall–Kier alpha value is -1.20.